The molecule has 1 heterocycles. The zero-order valence-corrected chi connectivity index (χ0v) is 25.9. The van der Waals surface area contributed by atoms with Gasteiger partial charge in [-0.2, -0.15) is 13.2 Å². The van der Waals surface area contributed by atoms with Crippen LogP contribution in [0.25, 0.3) is 0 Å². The summed E-state index contributed by atoms with van der Waals surface area (Å²) >= 11 is 1.43. The van der Waals surface area contributed by atoms with Gasteiger partial charge >= 0.3 is 11.6 Å². The van der Waals surface area contributed by atoms with Crippen molar-refractivity contribution in [2.24, 2.45) is 5.14 Å². The maximum Gasteiger partial charge on any atom is 0.501 e. The summed E-state index contributed by atoms with van der Waals surface area (Å²) < 4.78 is 94.6. The van der Waals surface area contributed by atoms with Gasteiger partial charge in [0.1, 0.15) is 10.5 Å². The highest BCUT2D eigenvalue weighted by Crippen LogP contribution is 2.36. The summed E-state index contributed by atoms with van der Waals surface area (Å²) in [6.45, 7) is 7.85. The molecule has 3 rings (SSSR count). The van der Waals surface area contributed by atoms with Gasteiger partial charge in [0, 0.05) is 49.4 Å². The van der Waals surface area contributed by atoms with Crippen molar-refractivity contribution in [2.45, 2.75) is 59.0 Å². The van der Waals surface area contributed by atoms with E-state index in [9.17, 15) is 34.8 Å². The van der Waals surface area contributed by atoms with E-state index in [0.717, 1.165) is 17.0 Å². The van der Waals surface area contributed by atoms with Crippen molar-refractivity contribution < 1.29 is 39.5 Å². The second kappa shape index (κ2) is 13.4. The summed E-state index contributed by atoms with van der Waals surface area (Å²) in [5.74, 6) is 0.365. The van der Waals surface area contributed by atoms with E-state index in [4.69, 9.17) is 9.88 Å². The minimum atomic E-state index is -5.91. The second-order valence-corrected chi connectivity index (χ2v) is 15.3. The number of anilines is 1. The Morgan fingerprint density at radius 2 is 1.64 bits per heavy atom. The Morgan fingerprint density at radius 1 is 1.02 bits per heavy atom. The summed E-state index contributed by atoms with van der Waals surface area (Å²) in [5.41, 5.74) is -6.66. The summed E-state index contributed by atoms with van der Waals surface area (Å²) in [4.78, 5) is 15.0. The van der Waals surface area contributed by atoms with E-state index in [1.54, 1.807) is 25.7 Å². The van der Waals surface area contributed by atoms with E-state index in [-0.39, 0.29) is 5.69 Å². The average Bonchev–Trinajstić information content (AvgIpc) is 2.89. The zero-order chi connectivity index (χ0) is 31.3. The number of hydrogen-bond donors (Lipinski definition) is 2. The molecule has 3 N–H and O–H groups in total. The molecule has 0 radical (unpaired) electrons. The zero-order valence-electron chi connectivity index (χ0n) is 23.4. The van der Waals surface area contributed by atoms with Crippen LogP contribution < -0.4 is 10.5 Å². The molecule has 0 aliphatic carbocycles. The van der Waals surface area contributed by atoms with Crippen LogP contribution in [0.2, 0.25) is 0 Å². The number of sulfonamides is 1. The van der Waals surface area contributed by atoms with Crippen molar-refractivity contribution >= 4 is 43.4 Å². The Labute approximate surface area is 248 Å². The molecule has 1 fully saturated rings. The van der Waals surface area contributed by atoms with Crippen LogP contribution in [-0.2, 0) is 24.6 Å². The summed E-state index contributed by atoms with van der Waals surface area (Å²) in [7, 11) is -10.4. The summed E-state index contributed by atoms with van der Waals surface area (Å²) in [5, 5.41) is 7.98. The lowest BCUT2D eigenvalue weighted by molar-refractivity contribution is -0.0435. The largest absolute Gasteiger partial charge is 0.501 e. The maximum atomic E-state index is 13.6. The van der Waals surface area contributed by atoms with Gasteiger partial charge in [-0.25, -0.2) is 26.8 Å². The predicted octanol–water partition coefficient (Wildman–Crippen LogP) is 4.14. The number of nitrogens with zero attached hydrogens (tertiary/aromatic N) is 2. The Kier molecular flexibility index (Phi) is 10.8. The number of rotatable bonds is 10. The molecule has 2 aromatic carbocycles. The number of nitrogens with one attached hydrogen (secondary N) is 1. The molecule has 0 unspecified atom stereocenters. The van der Waals surface area contributed by atoms with Crippen LogP contribution in [0.5, 0.6) is 0 Å². The first-order valence-corrected chi connectivity index (χ1v) is 17.0. The minimum absolute atomic E-state index is 0.365. The number of sulfone groups is 1. The lowest BCUT2D eigenvalue weighted by atomic mass is 10.2. The summed E-state index contributed by atoms with van der Waals surface area (Å²) in [6, 6.07) is 11.1. The number of carbonyl (C=O) groups is 1. The highest BCUT2D eigenvalue weighted by Gasteiger charge is 2.48. The third-order valence-electron chi connectivity index (χ3n) is 6.25. The van der Waals surface area contributed by atoms with Crippen LogP contribution >= 0.6 is 11.8 Å². The van der Waals surface area contributed by atoms with Gasteiger partial charge in [0.25, 0.3) is 9.84 Å². The van der Waals surface area contributed by atoms with E-state index >= 15 is 0 Å². The number of ether oxygens (including phenoxy) is 1. The van der Waals surface area contributed by atoms with Gasteiger partial charge in [0.2, 0.25) is 10.0 Å². The Bertz CT molecular complexity index is 1440. The lowest BCUT2D eigenvalue weighted by Crippen LogP contribution is -2.50. The molecule has 16 heteroatoms. The van der Waals surface area contributed by atoms with Gasteiger partial charge in [-0.3, -0.25) is 4.90 Å². The fourth-order valence-corrected chi connectivity index (χ4v) is 6.65. The van der Waals surface area contributed by atoms with E-state index < -0.39 is 52.9 Å². The van der Waals surface area contributed by atoms with Crippen LogP contribution in [-0.4, -0.2) is 88.4 Å². The quantitative estimate of drug-likeness (QED) is 0.363. The van der Waals surface area contributed by atoms with E-state index in [2.05, 4.69) is 10.2 Å². The first-order valence-electron chi connectivity index (χ1n) is 13.0. The van der Waals surface area contributed by atoms with Crippen molar-refractivity contribution in [3.63, 3.8) is 0 Å². The first-order chi connectivity index (χ1) is 19.4. The van der Waals surface area contributed by atoms with Gasteiger partial charge in [-0.1, -0.05) is 18.2 Å². The Morgan fingerprint density at radius 3 is 2.19 bits per heavy atom. The van der Waals surface area contributed by atoms with Crippen LogP contribution in [0.1, 0.15) is 27.2 Å². The van der Waals surface area contributed by atoms with E-state index in [1.165, 1.54) is 11.8 Å². The standard InChI is InChI=1S/C26H35F3N4O6S3/c1-25(2,3)39-24(34)33-15-13-32(14-16-33)12-11-19(18-40-20-7-5-4-6-8-20)31-22-10-9-21(42(30,37)38)17-23(22)41(35,36)26(27,28)29/h4-10,17,19,31H,11-16,18H2,1-3H3,(H2,30,37,38)/t19-/m1/s1. The molecule has 10 nitrogen and oxygen atoms in total. The second-order valence-electron chi connectivity index (χ2n) is 10.7. The van der Waals surface area contributed by atoms with E-state index in [1.807, 2.05) is 30.3 Å². The number of piperazine rings is 1. The highest BCUT2D eigenvalue weighted by molar-refractivity contribution is 7.99. The highest BCUT2D eigenvalue weighted by atomic mass is 32.2. The van der Waals surface area contributed by atoms with Gasteiger partial charge in [0.05, 0.1) is 10.6 Å². The molecule has 0 saturated carbocycles. The summed E-state index contributed by atoms with van der Waals surface area (Å²) in [6.07, 6.45) is 0.0108. The smallest absolute Gasteiger partial charge is 0.444 e. The van der Waals surface area contributed by atoms with Crippen LogP contribution in [0, 0.1) is 0 Å². The molecule has 1 atom stereocenters. The molecule has 1 amide bonds. The molecule has 1 saturated heterocycles. The topological polar surface area (TPSA) is 139 Å². The lowest BCUT2D eigenvalue weighted by Gasteiger charge is -2.36. The molecule has 2 aromatic rings. The molecule has 1 aliphatic heterocycles. The molecule has 0 bridgehead atoms. The first kappa shape index (κ1) is 34.0. The molecule has 1 aliphatic rings. The third-order valence-corrected chi connectivity index (χ3v) is 9.86. The minimum Gasteiger partial charge on any atom is -0.444 e. The molecular formula is C26H35F3N4O6S3. The average molecular weight is 653 g/mol. The van der Waals surface area contributed by atoms with Gasteiger partial charge in [-0.05, 0) is 57.5 Å². The number of halogens is 3. The van der Waals surface area contributed by atoms with Gasteiger partial charge in [0.15, 0.2) is 0 Å². The SMILES string of the molecule is CC(C)(C)OC(=O)N1CCN(CC[C@H](CSc2ccccc2)Nc2ccc(S(N)(=O)=O)cc2S(=O)(=O)C(F)(F)F)CC1. The molecule has 0 spiro atoms. The fraction of sp³-hybridized carbons (Fsp3) is 0.500. The Balaban J connectivity index is 1.80. The number of nitrogens with two attached hydrogens (primary N) is 1. The number of hydrogen-bond acceptors (Lipinski definition) is 9. The normalized spacial score (nSPS) is 16.2. The van der Waals surface area contributed by atoms with Crippen LogP contribution in [0.15, 0.2) is 63.2 Å². The Hall–Kier alpha value is -2.53. The van der Waals surface area contributed by atoms with E-state index in [0.29, 0.717) is 51.0 Å². The number of thioether (sulfide) groups is 1. The molecule has 42 heavy (non-hydrogen) atoms. The third kappa shape index (κ3) is 9.49. The molecule has 0 aromatic heterocycles. The van der Waals surface area contributed by atoms with Crippen molar-refractivity contribution in [3.8, 4) is 0 Å². The number of amides is 1. The van der Waals surface area contributed by atoms with Crippen molar-refractivity contribution in [1.82, 2.24) is 9.80 Å². The van der Waals surface area contributed by atoms with Gasteiger partial charge < -0.3 is 15.0 Å². The fourth-order valence-electron chi connectivity index (χ4n) is 4.10. The number of primary sulfonamides is 1. The van der Waals surface area contributed by atoms with Crippen LogP contribution in [0.4, 0.5) is 23.7 Å². The molecular weight excluding hydrogens is 618 g/mol. The maximum absolute atomic E-state index is 13.6. The molecule has 234 valence electrons. The number of benzene rings is 2. The number of carbonyl (C=O) groups excluding carboxylic acids is 1. The van der Waals surface area contributed by atoms with Crippen molar-refractivity contribution in [1.29, 1.82) is 0 Å². The van der Waals surface area contributed by atoms with Crippen molar-refractivity contribution in [2.75, 3.05) is 43.8 Å². The van der Waals surface area contributed by atoms with Crippen LogP contribution in [0.3, 0.4) is 0 Å². The number of alkyl halides is 3. The van der Waals surface area contributed by atoms with Crippen molar-refractivity contribution in [3.05, 3.63) is 48.5 Å². The van der Waals surface area contributed by atoms with Gasteiger partial charge in [-0.15, -0.1) is 11.8 Å². The predicted molar refractivity (Wildman–Crippen MR) is 154 cm³/mol. The monoisotopic (exact) mass is 652 g/mol.